The standard InChI is InChI=1S/C25H21ClF3N7/c26-16-1-3-19-14(5-16)10-34(20-8-25(20,28)29)11-22-32-33-23(36(19)22)15-6-24(7-15)12-35(13-24)21-4-2-17(27)18(9-30)31-21/h1-5,15,20H,6-8,10-13H2. The van der Waals surface area contributed by atoms with Crippen LogP contribution in [0.2, 0.25) is 5.02 Å². The molecule has 7 nitrogen and oxygen atoms in total. The van der Waals surface area contributed by atoms with Crippen molar-refractivity contribution in [2.45, 2.75) is 50.2 Å². The van der Waals surface area contributed by atoms with E-state index in [0.717, 1.165) is 43.0 Å². The van der Waals surface area contributed by atoms with Crippen LogP contribution >= 0.6 is 11.6 Å². The molecule has 2 aromatic heterocycles. The number of pyridine rings is 1. The molecule has 4 heterocycles. The minimum Gasteiger partial charge on any atom is -0.355 e. The zero-order valence-corrected chi connectivity index (χ0v) is 19.9. The second-order valence-corrected chi connectivity index (χ2v) is 11.0. The van der Waals surface area contributed by atoms with E-state index in [2.05, 4.69) is 20.1 Å². The highest BCUT2D eigenvalue weighted by atomic mass is 35.5. The van der Waals surface area contributed by atoms with E-state index in [-0.39, 0.29) is 23.4 Å². The Labute approximate surface area is 210 Å². The largest absolute Gasteiger partial charge is 0.355 e. The summed E-state index contributed by atoms with van der Waals surface area (Å²) < 4.78 is 43.5. The van der Waals surface area contributed by atoms with E-state index in [0.29, 0.717) is 29.8 Å². The molecule has 4 aliphatic rings. The van der Waals surface area contributed by atoms with Crippen LogP contribution in [0.1, 0.15) is 48.1 Å². The average molecular weight is 512 g/mol. The molecular formula is C25H21ClF3N7. The minimum absolute atomic E-state index is 0.121. The van der Waals surface area contributed by atoms with Gasteiger partial charge in [0.05, 0.1) is 18.3 Å². The molecule has 2 aliphatic carbocycles. The monoisotopic (exact) mass is 511 g/mol. The van der Waals surface area contributed by atoms with Crippen molar-refractivity contribution in [3.8, 4) is 11.8 Å². The van der Waals surface area contributed by atoms with E-state index in [4.69, 9.17) is 16.9 Å². The Morgan fingerprint density at radius 1 is 1.06 bits per heavy atom. The van der Waals surface area contributed by atoms with E-state index < -0.39 is 17.8 Å². The van der Waals surface area contributed by atoms with Gasteiger partial charge in [-0.2, -0.15) is 5.26 Å². The summed E-state index contributed by atoms with van der Waals surface area (Å²) in [6.45, 7) is 2.26. The van der Waals surface area contributed by atoms with Crippen molar-refractivity contribution >= 4 is 17.4 Å². The maximum atomic E-state index is 13.9. The van der Waals surface area contributed by atoms with Crippen molar-refractivity contribution in [2.75, 3.05) is 18.0 Å². The van der Waals surface area contributed by atoms with Crippen molar-refractivity contribution < 1.29 is 13.2 Å². The number of rotatable bonds is 3. The summed E-state index contributed by atoms with van der Waals surface area (Å²) in [5.74, 6) is -0.945. The van der Waals surface area contributed by atoms with Gasteiger partial charge in [0.2, 0.25) is 0 Å². The van der Waals surface area contributed by atoms with Crippen LogP contribution in [0.5, 0.6) is 0 Å². The van der Waals surface area contributed by atoms with E-state index in [1.807, 2.05) is 22.8 Å². The van der Waals surface area contributed by atoms with Crippen LogP contribution in [0, 0.1) is 22.6 Å². The van der Waals surface area contributed by atoms with Gasteiger partial charge in [-0.1, -0.05) is 11.6 Å². The van der Waals surface area contributed by atoms with Gasteiger partial charge in [0.15, 0.2) is 17.3 Å². The number of nitriles is 1. The predicted molar refractivity (Wildman–Crippen MR) is 124 cm³/mol. The van der Waals surface area contributed by atoms with Crippen molar-refractivity contribution in [1.82, 2.24) is 24.6 Å². The number of fused-ring (bicyclic) bond motifs is 3. The lowest BCUT2D eigenvalue weighted by Gasteiger charge is -2.59. The number of benzene rings is 1. The minimum atomic E-state index is -2.67. The maximum absolute atomic E-state index is 13.9. The lowest BCUT2D eigenvalue weighted by atomic mass is 9.57. The summed E-state index contributed by atoms with van der Waals surface area (Å²) in [4.78, 5) is 7.98. The summed E-state index contributed by atoms with van der Waals surface area (Å²) in [7, 11) is 0. The smallest absolute Gasteiger partial charge is 0.265 e. The highest BCUT2D eigenvalue weighted by Gasteiger charge is 2.60. The fraction of sp³-hybridized carbons (Fsp3) is 0.440. The zero-order chi connectivity index (χ0) is 24.8. The van der Waals surface area contributed by atoms with Gasteiger partial charge in [-0.15, -0.1) is 10.2 Å². The van der Waals surface area contributed by atoms with Crippen LogP contribution in [-0.2, 0) is 13.1 Å². The van der Waals surface area contributed by atoms with Crippen LogP contribution in [0.4, 0.5) is 19.0 Å². The van der Waals surface area contributed by atoms with Crippen molar-refractivity contribution in [1.29, 1.82) is 5.26 Å². The molecule has 0 amide bonds. The van der Waals surface area contributed by atoms with Crippen LogP contribution < -0.4 is 4.90 Å². The summed E-state index contributed by atoms with van der Waals surface area (Å²) in [6.07, 6.45) is 1.70. The molecule has 36 heavy (non-hydrogen) atoms. The molecule has 0 bridgehead atoms. The second kappa shape index (κ2) is 7.43. The summed E-state index contributed by atoms with van der Waals surface area (Å²) in [5.41, 5.74) is 1.72. The Bertz CT molecular complexity index is 1430. The molecule has 184 valence electrons. The van der Waals surface area contributed by atoms with Gasteiger partial charge in [-0.05, 0) is 48.7 Å². The molecule has 3 aromatic rings. The van der Waals surface area contributed by atoms with Gasteiger partial charge in [-0.25, -0.2) is 18.2 Å². The first-order valence-corrected chi connectivity index (χ1v) is 12.3. The SMILES string of the molecule is N#Cc1nc(N2CC3(CC(c4nnc5n4-c4ccc(Cl)cc4CN(C4CC4(F)F)C5)C3)C2)ccc1F. The summed E-state index contributed by atoms with van der Waals surface area (Å²) in [6, 6.07) is 9.48. The number of hydrogen-bond acceptors (Lipinski definition) is 6. The third kappa shape index (κ3) is 3.33. The molecular weight excluding hydrogens is 491 g/mol. The van der Waals surface area contributed by atoms with Gasteiger partial charge in [0.1, 0.15) is 17.7 Å². The molecule has 1 unspecified atom stereocenters. The zero-order valence-electron chi connectivity index (χ0n) is 19.1. The number of alkyl halides is 2. The van der Waals surface area contributed by atoms with Crippen LogP contribution in [-0.4, -0.2) is 49.7 Å². The van der Waals surface area contributed by atoms with E-state index in [1.54, 1.807) is 17.0 Å². The van der Waals surface area contributed by atoms with Crippen LogP contribution in [0.15, 0.2) is 30.3 Å². The van der Waals surface area contributed by atoms with E-state index in [9.17, 15) is 13.2 Å². The molecule has 7 rings (SSSR count). The Morgan fingerprint density at radius 2 is 1.83 bits per heavy atom. The highest BCUT2D eigenvalue weighted by Crippen LogP contribution is 2.57. The van der Waals surface area contributed by atoms with Crippen molar-refractivity contribution in [3.63, 3.8) is 0 Å². The number of hydrogen-bond donors (Lipinski definition) is 0. The molecule has 1 spiro atoms. The quantitative estimate of drug-likeness (QED) is 0.518. The molecule has 3 fully saturated rings. The predicted octanol–water partition coefficient (Wildman–Crippen LogP) is 4.43. The first-order chi connectivity index (χ1) is 17.2. The normalized spacial score (nSPS) is 23.8. The second-order valence-electron chi connectivity index (χ2n) is 10.5. The molecule has 2 aliphatic heterocycles. The lowest BCUT2D eigenvalue weighted by Crippen LogP contribution is -2.62. The Hall–Kier alpha value is -3.16. The topological polar surface area (TPSA) is 73.9 Å². The fourth-order valence-electron chi connectivity index (χ4n) is 6.17. The van der Waals surface area contributed by atoms with Gasteiger partial charge >= 0.3 is 0 Å². The first-order valence-electron chi connectivity index (χ1n) is 11.9. The molecule has 2 saturated carbocycles. The summed E-state index contributed by atoms with van der Waals surface area (Å²) in [5, 5.41) is 18.6. The number of halogens is 4. The van der Waals surface area contributed by atoms with E-state index >= 15 is 0 Å². The molecule has 1 aromatic carbocycles. The van der Waals surface area contributed by atoms with Gasteiger partial charge < -0.3 is 4.90 Å². The van der Waals surface area contributed by atoms with E-state index in [1.165, 1.54) is 6.07 Å². The van der Waals surface area contributed by atoms with Crippen LogP contribution in [0.3, 0.4) is 0 Å². The number of aromatic nitrogens is 4. The third-order valence-electron chi connectivity index (χ3n) is 8.03. The highest BCUT2D eigenvalue weighted by molar-refractivity contribution is 6.30. The molecule has 11 heteroatoms. The number of nitrogens with zero attached hydrogens (tertiary/aromatic N) is 7. The summed E-state index contributed by atoms with van der Waals surface area (Å²) >= 11 is 6.27. The molecule has 0 radical (unpaired) electrons. The molecule has 1 atom stereocenters. The van der Waals surface area contributed by atoms with Gasteiger partial charge in [-0.3, -0.25) is 9.47 Å². The van der Waals surface area contributed by atoms with Crippen LogP contribution in [0.25, 0.3) is 5.69 Å². The van der Waals surface area contributed by atoms with Crippen molar-refractivity contribution in [3.05, 3.63) is 64.1 Å². The lowest BCUT2D eigenvalue weighted by molar-refractivity contribution is 0.0579. The Kier molecular flexibility index (Phi) is 4.56. The van der Waals surface area contributed by atoms with Gasteiger partial charge in [0, 0.05) is 42.4 Å². The maximum Gasteiger partial charge on any atom is 0.265 e. The van der Waals surface area contributed by atoms with Crippen molar-refractivity contribution in [2.24, 2.45) is 5.41 Å². The Balaban J connectivity index is 1.13. The first kappa shape index (κ1) is 22.1. The average Bonchev–Trinajstić information content (AvgIpc) is 3.30. The fourth-order valence-corrected chi connectivity index (χ4v) is 6.36. The Morgan fingerprint density at radius 3 is 2.56 bits per heavy atom. The third-order valence-corrected chi connectivity index (χ3v) is 8.26. The molecule has 0 N–H and O–H groups in total. The number of anilines is 1. The van der Waals surface area contributed by atoms with Gasteiger partial charge in [0.25, 0.3) is 5.92 Å². The molecule has 1 saturated heterocycles.